The van der Waals surface area contributed by atoms with Gasteiger partial charge >= 0.3 is 0 Å². The van der Waals surface area contributed by atoms with E-state index in [1.54, 1.807) is 21.3 Å². The second-order valence-electron chi connectivity index (χ2n) is 7.94. The van der Waals surface area contributed by atoms with Gasteiger partial charge in [0.25, 0.3) is 5.91 Å². The number of hydrogen-bond acceptors (Lipinski definition) is 3. The molecule has 0 unspecified atom stereocenters. The first-order valence-electron chi connectivity index (χ1n) is 9.87. The molecule has 0 bridgehead atoms. The summed E-state index contributed by atoms with van der Waals surface area (Å²) in [5.74, 6) is 0.603. The fourth-order valence-corrected chi connectivity index (χ4v) is 6.03. The Hall–Kier alpha value is -0.920. The van der Waals surface area contributed by atoms with Crippen LogP contribution in [0.3, 0.4) is 0 Å². The molecule has 1 aromatic rings. The summed E-state index contributed by atoms with van der Waals surface area (Å²) < 4.78 is 28.1. The summed E-state index contributed by atoms with van der Waals surface area (Å²) in [7, 11) is -1.72. The van der Waals surface area contributed by atoms with Crippen LogP contribution in [0, 0.1) is 5.92 Å². The highest BCUT2D eigenvalue weighted by Crippen LogP contribution is 2.30. The van der Waals surface area contributed by atoms with Crippen molar-refractivity contribution in [1.29, 1.82) is 0 Å². The lowest BCUT2D eigenvalue weighted by molar-refractivity contribution is 0.0678. The number of rotatable bonds is 4. The molecule has 0 spiro atoms. The van der Waals surface area contributed by atoms with Crippen molar-refractivity contribution >= 4 is 31.9 Å². The number of amides is 1. The van der Waals surface area contributed by atoms with Crippen LogP contribution in [0.4, 0.5) is 0 Å². The summed E-state index contributed by atoms with van der Waals surface area (Å²) >= 11 is 3.44. The molecule has 0 aromatic heterocycles. The number of halogens is 1. The quantitative estimate of drug-likeness (QED) is 0.679. The van der Waals surface area contributed by atoms with Crippen molar-refractivity contribution in [3.8, 4) is 0 Å². The monoisotopic (exact) mass is 456 g/mol. The van der Waals surface area contributed by atoms with E-state index in [-0.39, 0.29) is 16.8 Å². The molecule has 0 radical (unpaired) electrons. The van der Waals surface area contributed by atoms with Gasteiger partial charge in [0, 0.05) is 30.7 Å². The van der Waals surface area contributed by atoms with E-state index in [9.17, 15) is 13.2 Å². The summed E-state index contributed by atoms with van der Waals surface area (Å²) in [6.45, 7) is 3.37. The molecule has 1 saturated heterocycles. The van der Waals surface area contributed by atoms with E-state index < -0.39 is 10.0 Å². The van der Waals surface area contributed by atoms with Gasteiger partial charge in [0.15, 0.2) is 0 Å². The van der Waals surface area contributed by atoms with Gasteiger partial charge in [-0.15, -0.1) is 0 Å². The molecule has 5 nitrogen and oxygen atoms in total. The summed E-state index contributed by atoms with van der Waals surface area (Å²) in [5, 5.41) is 0. The summed E-state index contributed by atoms with van der Waals surface area (Å²) in [6, 6.07) is 5.04. The lowest BCUT2D eigenvalue weighted by Crippen LogP contribution is -2.39. The first-order valence-corrected chi connectivity index (χ1v) is 12.1. The third kappa shape index (κ3) is 4.57. The Labute approximate surface area is 171 Å². The number of sulfonamides is 1. The third-order valence-corrected chi connectivity index (χ3v) is 8.56. The number of benzene rings is 1. The molecule has 150 valence electrons. The minimum Gasteiger partial charge on any atom is -0.339 e. The fourth-order valence-electron chi connectivity index (χ4n) is 4.07. The lowest BCUT2D eigenvalue weighted by Gasteiger charge is -2.34. The van der Waals surface area contributed by atoms with Crippen LogP contribution in [0.15, 0.2) is 27.6 Å². The Morgan fingerprint density at radius 2 is 1.74 bits per heavy atom. The third-order valence-electron chi connectivity index (χ3n) is 5.97. The van der Waals surface area contributed by atoms with E-state index in [0.29, 0.717) is 23.1 Å². The topological polar surface area (TPSA) is 57.7 Å². The standard InChI is InChI=1S/C20H29BrN2O3S/c1-15-6-8-16(9-7-15)22(2)20(24)18-14-17(10-11-19(18)21)27(25,26)23-12-4-3-5-13-23/h10-11,14-16H,3-9,12-13H2,1-2H3. The second kappa shape index (κ2) is 8.62. The van der Waals surface area contributed by atoms with Gasteiger partial charge in [-0.25, -0.2) is 8.42 Å². The van der Waals surface area contributed by atoms with E-state index in [1.165, 1.54) is 6.07 Å². The molecular weight excluding hydrogens is 428 g/mol. The van der Waals surface area contributed by atoms with E-state index in [0.717, 1.165) is 50.9 Å². The Balaban J connectivity index is 1.83. The van der Waals surface area contributed by atoms with Crippen molar-refractivity contribution in [2.24, 2.45) is 5.92 Å². The zero-order valence-corrected chi connectivity index (χ0v) is 18.6. The minimum absolute atomic E-state index is 0.114. The Bertz CT molecular complexity index is 782. The maximum atomic E-state index is 13.1. The predicted molar refractivity (Wildman–Crippen MR) is 110 cm³/mol. The number of hydrogen-bond donors (Lipinski definition) is 0. The van der Waals surface area contributed by atoms with Gasteiger partial charge in [0.1, 0.15) is 0 Å². The first kappa shape index (κ1) is 20.8. The van der Waals surface area contributed by atoms with E-state index >= 15 is 0 Å². The maximum Gasteiger partial charge on any atom is 0.255 e. The molecule has 7 heteroatoms. The smallest absolute Gasteiger partial charge is 0.255 e. The molecule has 1 aliphatic heterocycles. The van der Waals surface area contributed by atoms with E-state index in [2.05, 4.69) is 22.9 Å². The highest BCUT2D eigenvalue weighted by Gasteiger charge is 2.30. The van der Waals surface area contributed by atoms with Gasteiger partial charge in [-0.1, -0.05) is 13.3 Å². The molecule has 3 rings (SSSR count). The van der Waals surface area contributed by atoms with Gasteiger partial charge in [-0.05, 0) is 78.6 Å². The molecule has 1 amide bonds. The molecule has 1 saturated carbocycles. The molecule has 27 heavy (non-hydrogen) atoms. The van der Waals surface area contributed by atoms with Gasteiger partial charge in [-0.3, -0.25) is 4.79 Å². The van der Waals surface area contributed by atoms with Crippen LogP contribution >= 0.6 is 15.9 Å². The molecule has 1 heterocycles. The maximum absolute atomic E-state index is 13.1. The van der Waals surface area contributed by atoms with Gasteiger partial charge in [0.05, 0.1) is 10.5 Å². The molecular formula is C20H29BrN2O3S. The van der Waals surface area contributed by atoms with Gasteiger partial charge in [-0.2, -0.15) is 4.31 Å². The highest BCUT2D eigenvalue weighted by atomic mass is 79.9. The van der Waals surface area contributed by atoms with Crippen LogP contribution < -0.4 is 0 Å². The van der Waals surface area contributed by atoms with Crippen molar-refractivity contribution in [2.75, 3.05) is 20.1 Å². The van der Waals surface area contributed by atoms with Gasteiger partial charge in [0.2, 0.25) is 10.0 Å². The fraction of sp³-hybridized carbons (Fsp3) is 0.650. The lowest BCUT2D eigenvalue weighted by atomic mass is 9.86. The Morgan fingerprint density at radius 1 is 1.11 bits per heavy atom. The second-order valence-corrected chi connectivity index (χ2v) is 10.7. The minimum atomic E-state index is -3.55. The van der Waals surface area contributed by atoms with E-state index in [4.69, 9.17) is 0 Å². The summed E-state index contributed by atoms with van der Waals surface area (Å²) in [6.07, 6.45) is 7.13. The Morgan fingerprint density at radius 3 is 2.37 bits per heavy atom. The van der Waals surface area contributed by atoms with Crippen molar-refractivity contribution in [1.82, 2.24) is 9.21 Å². The zero-order valence-electron chi connectivity index (χ0n) is 16.2. The highest BCUT2D eigenvalue weighted by molar-refractivity contribution is 9.10. The van der Waals surface area contributed by atoms with Crippen molar-refractivity contribution in [3.63, 3.8) is 0 Å². The molecule has 1 aromatic carbocycles. The van der Waals surface area contributed by atoms with Crippen molar-refractivity contribution in [3.05, 3.63) is 28.2 Å². The summed E-state index contributed by atoms with van der Waals surface area (Å²) in [5.41, 5.74) is 0.425. The van der Waals surface area contributed by atoms with Crippen LogP contribution in [0.1, 0.15) is 62.2 Å². The number of carbonyl (C=O) groups is 1. The first-order chi connectivity index (χ1) is 12.8. The summed E-state index contributed by atoms with van der Waals surface area (Å²) in [4.78, 5) is 15.1. The largest absolute Gasteiger partial charge is 0.339 e. The average molecular weight is 457 g/mol. The zero-order chi connectivity index (χ0) is 19.6. The SMILES string of the molecule is CC1CCC(N(C)C(=O)c2cc(S(=O)(=O)N3CCCCC3)ccc2Br)CC1. The van der Waals surface area contributed by atoms with Crippen LogP contribution in [0.2, 0.25) is 0 Å². The molecule has 0 atom stereocenters. The number of carbonyl (C=O) groups excluding carboxylic acids is 1. The molecule has 2 aliphatic rings. The van der Waals surface area contributed by atoms with Gasteiger partial charge < -0.3 is 4.90 Å². The molecule has 1 aliphatic carbocycles. The average Bonchev–Trinajstić information content (AvgIpc) is 2.68. The van der Waals surface area contributed by atoms with Crippen LogP contribution in [0.5, 0.6) is 0 Å². The molecule has 0 N–H and O–H groups in total. The number of nitrogens with zero attached hydrogens (tertiary/aromatic N) is 2. The Kier molecular flexibility index (Phi) is 6.64. The predicted octanol–water partition coefficient (Wildman–Crippen LogP) is 4.27. The number of piperidine rings is 1. The van der Waals surface area contributed by atoms with Crippen LogP contribution in [0.25, 0.3) is 0 Å². The normalized spacial score (nSPS) is 24.6. The molecule has 2 fully saturated rings. The van der Waals surface area contributed by atoms with Crippen LogP contribution in [-0.4, -0.2) is 49.7 Å². The van der Waals surface area contributed by atoms with Crippen molar-refractivity contribution < 1.29 is 13.2 Å². The van der Waals surface area contributed by atoms with Crippen LogP contribution in [-0.2, 0) is 10.0 Å². The van der Waals surface area contributed by atoms with Crippen molar-refractivity contribution in [2.45, 2.75) is 62.8 Å². The van der Waals surface area contributed by atoms with E-state index in [1.807, 2.05) is 7.05 Å².